The van der Waals surface area contributed by atoms with Crippen LogP contribution in [0.25, 0.3) is 6.08 Å². The molecule has 0 aliphatic carbocycles. The van der Waals surface area contributed by atoms with Gasteiger partial charge in [-0.3, -0.25) is 0 Å². The van der Waals surface area contributed by atoms with Crippen molar-refractivity contribution in [2.75, 3.05) is 6.61 Å². The van der Waals surface area contributed by atoms with Crippen molar-refractivity contribution in [2.45, 2.75) is 24.8 Å². The van der Waals surface area contributed by atoms with Gasteiger partial charge in [-0.25, -0.2) is 13.2 Å². The first-order valence-electron chi connectivity index (χ1n) is 6.27. The van der Waals surface area contributed by atoms with Crippen molar-refractivity contribution in [3.63, 3.8) is 0 Å². The molecule has 22 heavy (non-hydrogen) atoms. The normalized spacial score (nSPS) is 11.6. The van der Waals surface area contributed by atoms with Gasteiger partial charge in [-0.15, -0.1) is 0 Å². The summed E-state index contributed by atoms with van der Waals surface area (Å²) in [5.74, 6) is -0.457. The van der Waals surface area contributed by atoms with E-state index in [0.29, 0.717) is 5.57 Å². The highest BCUT2D eigenvalue weighted by Crippen LogP contribution is 2.10. The molecular weight excluding hydrogens is 308 g/mol. The Labute approximate surface area is 130 Å². The lowest BCUT2D eigenvalue weighted by molar-refractivity contribution is -0.141. The van der Waals surface area contributed by atoms with E-state index in [-0.39, 0.29) is 11.5 Å². The van der Waals surface area contributed by atoms with Gasteiger partial charge in [0, 0.05) is 5.57 Å². The third-order valence-corrected chi connectivity index (χ3v) is 3.06. The van der Waals surface area contributed by atoms with Gasteiger partial charge in [0.1, 0.15) is 16.7 Å². The van der Waals surface area contributed by atoms with E-state index in [1.807, 2.05) is 0 Å². The van der Waals surface area contributed by atoms with E-state index in [1.54, 1.807) is 19.9 Å². The predicted octanol–water partition coefficient (Wildman–Crippen LogP) is 1.72. The molecule has 0 aliphatic rings. The molecule has 1 aromatic carbocycles. The number of ether oxygens (including phenoxy) is 1. The maximum Gasteiger partial charge on any atom is 0.333 e. The van der Waals surface area contributed by atoms with Crippen LogP contribution in [0, 0.1) is 0 Å². The van der Waals surface area contributed by atoms with Gasteiger partial charge in [-0.2, -0.15) is 0 Å². The maximum absolute atomic E-state index is 10.6. The van der Waals surface area contributed by atoms with Crippen LogP contribution in [-0.2, 0) is 19.6 Å². The SMILES string of the molecule is C=C(C)C(=O)OCC(C)O.C=Cc1ccc(S(=O)(=O)[O-])cc1. The quantitative estimate of drug-likeness (QED) is 0.502. The Bertz CT molecular complexity index is 614. The molecule has 0 amide bonds. The second kappa shape index (κ2) is 9.14. The Morgan fingerprint density at radius 1 is 1.41 bits per heavy atom. The number of esters is 1. The van der Waals surface area contributed by atoms with Crippen LogP contribution in [0.15, 0.2) is 47.9 Å². The first-order chi connectivity index (χ1) is 10.1. The highest BCUT2D eigenvalue weighted by Gasteiger charge is 2.03. The summed E-state index contributed by atoms with van der Waals surface area (Å²) < 4.78 is 35.9. The van der Waals surface area contributed by atoms with Gasteiger partial charge in [0.25, 0.3) is 0 Å². The Morgan fingerprint density at radius 2 is 1.91 bits per heavy atom. The lowest BCUT2D eigenvalue weighted by Gasteiger charge is -2.05. The fourth-order valence-corrected chi connectivity index (χ4v) is 1.56. The van der Waals surface area contributed by atoms with Crippen molar-refractivity contribution < 1.29 is 27.6 Å². The summed E-state index contributed by atoms with van der Waals surface area (Å²) in [6, 6.07) is 5.58. The van der Waals surface area contributed by atoms with Crippen molar-refractivity contribution in [1.82, 2.24) is 0 Å². The molecule has 0 fully saturated rings. The summed E-state index contributed by atoms with van der Waals surface area (Å²) in [5, 5.41) is 8.68. The first-order valence-corrected chi connectivity index (χ1v) is 7.67. The molecule has 0 radical (unpaired) electrons. The third kappa shape index (κ3) is 8.35. The van der Waals surface area contributed by atoms with Gasteiger partial charge in [-0.1, -0.05) is 31.4 Å². The van der Waals surface area contributed by atoms with Crippen LogP contribution in [0.5, 0.6) is 0 Å². The maximum atomic E-state index is 10.6. The summed E-state index contributed by atoms with van der Waals surface area (Å²) in [7, 11) is -4.31. The van der Waals surface area contributed by atoms with Gasteiger partial charge in [0.05, 0.1) is 11.0 Å². The molecule has 122 valence electrons. The minimum Gasteiger partial charge on any atom is -0.744 e. The largest absolute Gasteiger partial charge is 0.744 e. The molecule has 0 bridgehead atoms. The van der Waals surface area contributed by atoms with Crippen LogP contribution in [0.1, 0.15) is 19.4 Å². The van der Waals surface area contributed by atoms with Crippen LogP contribution in [0.4, 0.5) is 0 Å². The van der Waals surface area contributed by atoms with E-state index >= 15 is 0 Å². The number of hydrogen-bond donors (Lipinski definition) is 1. The number of carbonyl (C=O) groups is 1. The van der Waals surface area contributed by atoms with Gasteiger partial charge >= 0.3 is 5.97 Å². The summed E-state index contributed by atoms with van der Waals surface area (Å²) in [4.78, 5) is 10.4. The number of aliphatic hydroxyl groups excluding tert-OH is 1. The molecule has 0 heterocycles. The van der Waals surface area contributed by atoms with Crippen LogP contribution in [-0.4, -0.2) is 36.8 Å². The van der Waals surface area contributed by atoms with Crippen LogP contribution < -0.4 is 0 Å². The Balaban J connectivity index is 0.000000409. The highest BCUT2D eigenvalue weighted by molar-refractivity contribution is 7.85. The van der Waals surface area contributed by atoms with E-state index in [0.717, 1.165) is 5.56 Å². The van der Waals surface area contributed by atoms with Gasteiger partial charge in [-0.05, 0) is 31.5 Å². The fourth-order valence-electron chi connectivity index (χ4n) is 1.09. The average Bonchev–Trinajstić information content (AvgIpc) is 2.44. The van der Waals surface area contributed by atoms with E-state index in [9.17, 15) is 17.8 Å². The molecule has 1 N–H and O–H groups in total. The molecule has 0 aromatic heterocycles. The number of carbonyl (C=O) groups excluding carboxylic acids is 1. The molecule has 1 rings (SSSR count). The van der Waals surface area contributed by atoms with E-state index in [1.165, 1.54) is 24.3 Å². The van der Waals surface area contributed by atoms with Crippen LogP contribution in [0.3, 0.4) is 0 Å². The van der Waals surface area contributed by atoms with Crippen LogP contribution >= 0.6 is 0 Å². The minimum absolute atomic E-state index is 0.0334. The van der Waals surface area contributed by atoms with Crippen molar-refractivity contribution in [3.05, 3.63) is 48.6 Å². The van der Waals surface area contributed by atoms with E-state index in [4.69, 9.17) is 5.11 Å². The van der Waals surface area contributed by atoms with Crippen molar-refractivity contribution >= 4 is 22.2 Å². The topological polar surface area (TPSA) is 104 Å². The molecule has 6 nitrogen and oxygen atoms in total. The Hall–Kier alpha value is -1.96. The molecule has 7 heteroatoms. The zero-order valence-electron chi connectivity index (χ0n) is 12.5. The molecule has 0 aliphatic heterocycles. The lowest BCUT2D eigenvalue weighted by atomic mass is 10.2. The van der Waals surface area contributed by atoms with Crippen molar-refractivity contribution in [2.24, 2.45) is 0 Å². The second-order valence-electron chi connectivity index (χ2n) is 4.46. The molecule has 1 atom stereocenters. The monoisotopic (exact) mass is 327 g/mol. The minimum atomic E-state index is -4.31. The molecule has 1 unspecified atom stereocenters. The van der Waals surface area contributed by atoms with Crippen molar-refractivity contribution in [1.29, 1.82) is 0 Å². The number of hydrogen-bond acceptors (Lipinski definition) is 6. The smallest absolute Gasteiger partial charge is 0.333 e. The zero-order chi connectivity index (χ0) is 17.3. The number of benzene rings is 1. The average molecular weight is 327 g/mol. The molecule has 0 saturated carbocycles. The highest BCUT2D eigenvalue weighted by atomic mass is 32.2. The van der Waals surface area contributed by atoms with Gasteiger partial charge in [0.2, 0.25) is 0 Å². The second-order valence-corrected chi connectivity index (χ2v) is 5.83. The summed E-state index contributed by atoms with van der Waals surface area (Å²) in [6.07, 6.45) is 0.963. The van der Waals surface area contributed by atoms with E-state index < -0.39 is 22.2 Å². The van der Waals surface area contributed by atoms with Crippen molar-refractivity contribution in [3.8, 4) is 0 Å². The first kappa shape index (κ1) is 20.0. The third-order valence-electron chi connectivity index (χ3n) is 2.21. The molecule has 0 spiro atoms. The molecule has 1 aromatic rings. The lowest BCUT2D eigenvalue weighted by Crippen LogP contribution is -2.15. The Morgan fingerprint density at radius 3 is 2.23 bits per heavy atom. The Kier molecular flexibility index (Phi) is 8.32. The summed E-state index contributed by atoms with van der Waals surface area (Å²) >= 11 is 0. The summed E-state index contributed by atoms with van der Waals surface area (Å²) in [6.45, 7) is 10.0. The number of rotatable bonds is 5. The fraction of sp³-hybridized carbons (Fsp3) is 0.267. The van der Waals surface area contributed by atoms with E-state index in [2.05, 4.69) is 17.9 Å². The molecule has 0 saturated heterocycles. The van der Waals surface area contributed by atoms with Gasteiger partial charge in [0.15, 0.2) is 0 Å². The predicted molar refractivity (Wildman–Crippen MR) is 82.0 cm³/mol. The van der Waals surface area contributed by atoms with Crippen LogP contribution in [0.2, 0.25) is 0 Å². The summed E-state index contributed by atoms with van der Waals surface area (Å²) in [5.41, 5.74) is 1.13. The zero-order valence-corrected chi connectivity index (χ0v) is 13.3. The van der Waals surface area contributed by atoms with Gasteiger partial charge < -0.3 is 14.4 Å². The molecular formula is C15H19O6S-. The number of aliphatic hydroxyl groups is 1. The standard InChI is InChI=1S/C8H8O3S.C7H12O3/c1-2-7-3-5-8(6-4-7)12(9,10)11;1-5(2)7(9)10-4-6(3)8/h2-6H,1H2,(H,9,10,11);6,8H,1,4H2,2-3H3/p-1.